The first kappa shape index (κ1) is 16.6. The molecule has 1 aromatic rings. The molecule has 1 rings (SSSR count). The molecule has 112 valence electrons. The van der Waals surface area contributed by atoms with E-state index in [9.17, 15) is 18.0 Å². The summed E-state index contributed by atoms with van der Waals surface area (Å²) in [6.07, 6.45) is -1.68. The quantitative estimate of drug-likeness (QED) is 0.752. The first-order valence-electron chi connectivity index (χ1n) is 5.99. The number of halogens is 4. The molecule has 0 unspecified atom stereocenters. The minimum absolute atomic E-state index is 0.0923. The number of pyridine rings is 1. The van der Waals surface area contributed by atoms with E-state index in [1.54, 1.807) is 0 Å². The number of rotatable bonds is 7. The fraction of sp³-hybridized carbons (Fsp3) is 0.500. The third-order valence-electron chi connectivity index (χ3n) is 2.53. The smallest absolute Gasteiger partial charge is 0.417 e. The second kappa shape index (κ2) is 7.33. The molecule has 20 heavy (non-hydrogen) atoms. The molecular formula is C12H14ClF3N2O2. The molecule has 1 heterocycles. The van der Waals surface area contributed by atoms with Gasteiger partial charge in [-0.2, -0.15) is 13.2 Å². The van der Waals surface area contributed by atoms with E-state index in [-0.39, 0.29) is 17.3 Å². The molecule has 4 nitrogen and oxygen atoms in total. The van der Waals surface area contributed by atoms with Crippen molar-refractivity contribution >= 4 is 23.4 Å². The number of aliphatic carboxylic acids is 1. The summed E-state index contributed by atoms with van der Waals surface area (Å²) in [4.78, 5) is 13.9. The number of alkyl halides is 3. The van der Waals surface area contributed by atoms with Crippen molar-refractivity contribution in [2.75, 3.05) is 11.9 Å². The van der Waals surface area contributed by atoms with E-state index in [2.05, 4.69) is 10.3 Å². The van der Waals surface area contributed by atoms with Crippen LogP contribution in [0.25, 0.3) is 0 Å². The van der Waals surface area contributed by atoms with Crippen LogP contribution in [-0.2, 0) is 11.0 Å². The monoisotopic (exact) mass is 310 g/mol. The van der Waals surface area contributed by atoms with Crippen molar-refractivity contribution < 1.29 is 23.1 Å². The Balaban J connectivity index is 2.40. The van der Waals surface area contributed by atoms with E-state index in [1.165, 1.54) is 0 Å². The number of carboxylic acid groups (broad SMARTS) is 1. The van der Waals surface area contributed by atoms with Crippen molar-refractivity contribution in [2.45, 2.75) is 31.9 Å². The van der Waals surface area contributed by atoms with Crippen molar-refractivity contribution in [3.63, 3.8) is 0 Å². The van der Waals surface area contributed by atoms with Crippen LogP contribution in [0.1, 0.15) is 31.2 Å². The number of nitrogens with one attached hydrogen (secondary N) is 1. The third-order valence-corrected chi connectivity index (χ3v) is 2.82. The zero-order valence-electron chi connectivity index (χ0n) is 10.5. The molecule has 0 atom stereocenters. The van der Waals surface area contributed by atoms with Gasteiger partial charge in [-0.1, -0.05) is 18.0 Å². The lowest BCUT2D eigenvalue weighted by molar-refractivity contribution is -0.138. The highest BCUT2D eigenvalue weighted by atomic mass is 35.5. The van der Waals surface area contributed by atoms with Crippen LogP contribution in [0.3, 0.4) is 0 Å². The van der Waals surface area contributed by atoms with Gasteiger partial charge in [-0.25, -0.2) is 4.98 Å². The van der Waals surface area contributed by atoms with Gasteiger partial charge >= 0.3 is 12.1 Å². The summed E-state index contributed by atoms with van der Waals surface area (Å²) in [6, 6.07) is 0.821. The molecule has 0 amide bonds. The molecule has 0 bridgehead atoms. The number of anilines is 1. The number of hydrogen-bond acceptors (Lipinski definition) is 3. The first-order chi connectivity index (χ1) is 9.30. The maximum atomic E-state index is 12.4. The molecule has 0 aliphatic heterocycles. The first-order valence-corrected chi connectivity index (χ1v) is 6.37. The molecule has 0 radical (unpaired) electrons. The Morgan fingerprint density at radius 3 is 2.60 bits per heavy atom. The van der Waals surface area contributed by atoms with Crippen molar-refractivity contribution in [3.05, 3.63) is 22.8 Å². The van der Waals surface area contributed by atoms with Gasteiger partial charge in [-0.05, 0) is 18.9 Å². The fourth-order valence-corrected chi connectivity index (χ4v) is 1.74. The van der Waals surface area contributed by atoms with Crippen LogP contribution in [-0.4, -0.2) is 22.6 Å². The summed E-state index contributed by atoms with van der Waals surface area (Å²) in [5.41, 5.74) is -0.894. The summed E-state index contributed by atoms with van der Waals surface area (Å²) in [6.45, 7) is 0.470. The zero-order chi connectivity index (χ0) is 15.2. The number of nitrogens with zero attached hydrogens (tertiary/aromatic N) is 1. The summed E-state index contributed by atoms with van der Waals surface area (Å²) in [5.74, 6) is -0.650. The second-order valence-corrected chi connectivity index (χ2v) is 4.59. The van der Waals surface area contributed by atoms with Gasteiger partial charge < -0.3 is 10.4 Å². The van der Waals surface area contributed by atoms with Crippen molar-refractivity contribution in [1.29, 1.82) is 0 Å². The highest BCUT2D eigenvalue weighted by Crippen LogP contribution is 2.32. The third kappa shape index (κ3) is 5.64. The SMILES string of the molecule is O=C(O)CCCCCNc1ncc(C(F)(F)F)cc1Cl. The number of carbonyl (C=O) groups is 1. The topological polar surface area (TPSA) is 62.2 Å². The second-order valence-electron chi connectivity index (χ2n) is 4.18. The predicted molar refractivity (Wildman–Crippen MR) is 68.8 cm³/mol. The van der Waals surface area contributed by atoms with Crippen LogP contribution in [0, 0.1) is 0 Å². The van der Waals surface area contributed by atoms with Gasteiger partial charge in [-0.3, -0.25) is 4.79 Å². The summed E-state index contributed by atoms with van der Waals surface area (Å²) < 4.78 is 37.2. The summed E-state index contributed by atoms with van der Waals surface area (Å²) >= 11 is 5.71. The Kier molecular flexibility index (Phi) is 6.06. The van der Waals surface area contributed by atoms with Crippen molar-refractivity contribution in [3.8, 4) is 0 Å². The van der Waals surface area contributed by atoms with Crippen LogP contribution in [0.15, 0.2) is 12.3 Å². The Hall–Kier alpha value is -1.50. The maximum Gasteiger partial charge on any atom is 0.417 e. The molecule has 0 saturated heterocycles. The summed E-state index contributed by atoms with van der Waals surface area (Å²) in [5, 5.41) is 11.2. The van der Waals surface area contributed by atoms with Crippen LogP contribution in [0.5, 0.6) is 0 Å². The van der Waals surface area contributed by atoms with Gasteiger partial charge in [-0.15, -0.1) is 0 Å². The normalized spacial score (nSPS) is 11.4. The Morgan fingerprint density at radius 1 is 1.35 bits per heavy atom. The van der Waals surface area contributed by atoms with Crippen LogP contribution in [0.2, 0.25) is 5.02 Å². The number of hydrogen-bond donors (Lipinski definition) is 2. The molecule has 0 spiro atoms. The lowest BCUT2D eigenvalue weighted by Crippen LogP contribution is -2.08. The lowest BCUT2D eigenvalue weighted by atomic mass is 10.2. The van der Waals surface area contributed by atoms with E-state index in [0.717, 1.165) is 12.3 Å². The minimum Gasteiger partial charge on any atom is -0.481 e. The highest BCUT2D eigenvalue weighted by molar-refractivity contribution is 6.32. The molecule has 0 saturated carbocycles. The minimum atomic E-state index is -4.47. The molecule has 2 N–H and O–H groups in total. The van der Waals surface area contributed by atoms with Gasteiger partial charge in [0.1, 0.15) is 5.82 Å². The van der Waals surface area contributed by atoms with Gasteiger partial charge in [0.2, 0.25) is 0 Å². The van der Waals surface area contributed by atoms with E-state index in [4.69, 9.17) is 16.7 Å². The highest BCUT2D eigenvalue weighted by Gasteiger charge is 2.31. The van der Waals surface area contributed by atoms with Crippen LogP contribution >= 0.6 is 11.6 Å². The molecule has 0 aromatic carbocycles. The molecule has 0 aliphatic carbocycles. The van der Waals surface area contributed by atoms with Gasteiger partial charge in [0.25, 0.3) is 0 Å². The number of carboxylic acids is 1. The molecule has 1 aromatic heterocycles. The van der Waals surface area contributed by atoms with E-state index in [1.807, 2.05) is 0 Å². The number of aromatic nitrogens is 1. The predicted octanol–water partition coefficient (Wildman–Crippen LogP) is 3.81. The Labute approximate surface area is 119 Å². The van der Waals surface area contributed by atoms with E-state index in [0.29, 0.717) is 25.8 Å². The zero-order valence-corrected chi connectivity index (χ0v) is 11.3. The van der Waals surface area contributed by atoms with Crippen molar-refractivity contribution in [2.24, 2.45) is 0 Å². The molecular weight excluding hydrogens is 297 g/mol. The standard InChI is InChI=1S/C12H14ClF3N2O2/c13-9-6-8(12(14,15)16)7-18-11(9)17-5-3-1-2-4-10(19)20/h6-7H,1-5H2,(H,17,18)(H,19,20). The van der Waals surface area contributed by atoms with Gasteiger partial charge in [0, 0.05) is 19.2 Å². The Bertz CT molecular complexity index is 467. The summed E-state index contributed by atoms with van der Waals surface area (Å²) in [7, 11) is 0. The largest absolute Gasteiger partial charge is 0.481 e. The average molecular weight is 311 g/mol. The molecule has 0 aliphatic rings. The van der Waals surface area contributed by atoms with Crippen molar-refractivity contribution in [1.82, 2.24) is 4.98 Å². The fourth-order valence-electron chi connectivity index (χ4n) is 1.51. The van der Waals surface area contributed by atoms with Gasteiger partial charge in [0.15, 0.2) is 0 Å². The number of unbranched alkanes of at least 4 members (excludes halogenated alkanes) is 2. The average Bonchev–Trinajstić information content (AvgIpc) is 2.33. The van der Waals surface area contributed by atoms with Crippen LogP contribution < -0.4 is 5.32 Å². The molecule has 0 fully saturated rings. The lowest BCUT2D eigenvalue weighted by Gasteiger charge is -2.10. The molecule has 8 heteroatoms. The van der Waals surface area contributed by atoms with Crippen LogP contribution in [0.4, 0.5) is 19.0 Å². The van der Waals surface area contributed by atoms with E-state index < -0.39 is 17.7 Å². The maximum absolute atomic E-state index is 12.4. The van der Waals surface area contributed by atoms with Gasteiger partial charge in [0.05, 0.1) is 10.6 Å². The Morgan fingerprint density at radius 2 is 2.05 bits per heavy atom. The van der Waals surface area contributed by atoms with E-state index >= 15 is 0 Å².